The van der Waals surface area contributed by atoms with Crippen LogP contribution in [0.1, 0.15) is 18.5 Å². The van der Waals surface area contributed by atoms with Crippen molar-refractivity contribution in [1.82, 2.24) is 10.6 Å². The summed E-state index contributed by atoms with van der Waals surface area (Å²) in [5.41, 5.74) is 2.78. The molecule has 7 heteroatoms. The minimum absolute atomic E-state index is 0.243. The van der Waals surface area contributed by atoms with Gasteiger partial charge in [0.05, 0.1) is 31.5 Å². The Bertz CT molecular complexity index is 897. The Hall–Kier alpha value is -3.06. The second-order valence-electron chi connectivity index (χ2n) is 6.00. The van der Waals surface area contributed by atoms with Gasteiger partial charge in [0.1, 0.15) is 11.5 Å². The van der Waals surface area contributed by atoms with E-state index in [4.69, 9.17) is 21.7 Å². The maximum absolute atomic E-state index is 13.1. The maximum Gasteiger partial charge on any atom is 0.255 e. The number of rotatable bonds is 5. The molecular weight excluding hydrogens is 362 g/mol. The van der Waals surface area contributed by atoms with E-state index in [1.165, 1.54) is 0 Å². The number of nitrogens with one attached hydrogen (secondary N) is 3. The summed E-state index contributed by atoms with van der Waals surface area (Å²) in [7, 11) is 3.12. The summed E-state index contributed by atoms with van der Waals surface area (Å²) in [4.78, 5) is 13.1. The standard InChI is InChI=1S/C20H21N3O3S/c1-12-17(18(23-20(27)21-12)13-7-5-4-6-8-13)19(24)22-15-10-9-14(25-2)11-16(15)26-3/h4-11,18H,1-3H3,(H,22,24)(H2,21,23,27). The highest BCUT2D eigenvalue weighted by Crippen LogP contribution is 2.32. The quantitative estimate of drug-likeness (QED) is 0.689. The predicted molar refractivity (Wildman–Crippen MR) is 109 cm³/mol. The van der Waals surface area contributed by atoms with E-state index in [9.17, 15) is 4.79 Å². The number of allylic oxidation sites excluding steroid dienone is 1. The second kappa shape index (κ2) is 8.09. The Balaban J connectivity index is 1.94. The van der Waals surface area contributed by atoms with Crippen molar-refractivity contribution >= 4 is 28.9 Å². The van der Waals surface area contributed by atoms with Crippen molar-refractivity contribution in [3.63, 3.8) is 0 Å². The van der Waals surface area contributed by atoms with Gasteiger partial charge in [-0.25, -0.2) is 0 Å². The second-order valence-corrected chi connectivity index (χ2v) is 6.41. The molecule has 2 aromatic rings. The SMILES string of the molecule is COc1ccc(NC(=O)C2=C(C)NC(=S)NC2c2ccccc2)c(OC)c1. The zero-order chi connectivity index (χ0) is 19.4. The minimum Gasteiger partial charge on any atom is -0.497 e. The van der Waals surface area contributed by atoms with E-state index in [2.05, 4.69) is 16.0 Å². The van der Waals surface area contributed by atoms with Gasteiger partial charge in [0.2, 0.25) is 0 Å². The molecule has 0 saturated carbocycles. The first-order valence-electron chi connectivity index (χ1n) is 8.40. The average molecular weight is 383 g/mol. The lowest BCUT2D eigenvalue weighted by Gasteiger charge is -2.30. The van der Waals surface area contributed by atoms with Crippen LogP contribution in [0.4, 0.5) is 5.69 Å². The zero-order valence-corrected chi connectivity index (χ0v) is 16.1. The molecule has 27 heavy (non-hydrogen) atoms. The number of anilines is 1. The lowest BCUT2D eigenvalue weighted by molar-refractivity contribution is -0.113. The monoisotopic (exact) mass is 383 g/mol. The van der Waals surface area contributed by atoms with Gasteiger partial charge in [-0.1, -0.05) is 30.3 Å². The Kier molecular flexibility index (Phi) is 5.61. The van der Waals surface area contributed by atoms with Gasteiger partial charge < -0.3 is 25.4 Å². The Morgan fingerprint density at radius 3 is 2.52 bits per heavy atom. The molecule has 1 unspecified atom stereocenters. The third-order valence-electron chi connectivity index (χ3n) is 4.30. The molecule has 1 heterocycles. The van der Waals surface area contributed by atoms with Crippen LogP contribution in [0.2, 0.25) is 0 Å². The molecule has 2 aromatic carbocycles. The van der Waals surface area contributed by atoms with E-state index < -0.39 is 0 Å². The minimum atomic E-state index is -0.343. The van der Waals surface area contributed by atoms with Crippen LogP contribution in [0.25, 0.3) is 0 Å². The number of carbonyl (C=O) groups excluding carboxylic acids is 1. The number of hydrogen-bond donors (Lipinski definition) is 3. The zero-order valence-electron chi connectivity index (χ0n) is 15.3. The van der Waals surface area contributed by atoms with Crippen molar-refractivity contribution in [2.24, 2.45) is 0 Å². The van der Waals surface area contributed by atoms with Crippen molar-refractivity contribution in [3.8, 4) is 11.5 Å². The first-order chi connectivity index (χ1) is 13.0. The fraction of sp³-hybridized carbons (Fsp3) is 0.200. The predicted octanol–water partition coefficient (Wildman–Crippen LogP) is 3.14. The molecule has 0 saturated heterocycles. The molecule has 0 radical (unpaired) electrons. The molecule has 1 aliphatic rings. The van der Waals surface area contributed by atoms with Crippen LogP contribution in [0.15, 0.2) is 59.8 Å². The van der Waals surface area contributed by atoms with Crippen molar-refractivity contribution in [1.29, 1.82) is 0 Å². The summed E-state index contributed by atoms with van der Waals surface area (Å²) in [6.07, 6.45) is 0. The van der Waals surface area contributed by atoms with E-state index in [0.717, 1.165) is 5.56 Å². The molecular formula is C20H21N3O3S. The number of thiocarbonyl (C=S) groups is 1. The van der Waals surface area contributed by atoms with Crippen LogP contribution in [0, 0.1) is 0 Å². The summed E-state index contributed by atoms with van der Waals surface area (Å²) in [6.45, 7) is 1.84. The fourth-order valence-electron chi connectivity index (χ4n) is 2.98. The first kappa shape index (κ1) is 18.7. The van der Waals surface area contributed by atoms with E-state index in [1.54, 1.807) is 32.4 Å². The summed E-state index contributed by atoms with van der Waals surface area (Å²) >= 11 is 5.27. The summed E-state index contributed by atoms with van der Waals surface area (Å²) in [5, 5.41) is 9.62. The van der Waals surface area contributed by atoms with Gasteiger partial charge in [-0.15, -0.1) is 0 Å². The molecule has 3 N–H and O–H groups in total. The smallest absolute Gasteiger partial charge is 0.255 e. The topological polar surface area (TPSA) is 71.6 Å². The van der Waals surface area contributed by atoms with Gasteiger partial charge in [-0.2, -0.15) is 0 Å². The van der Waals surface area contributed by atoms with Gasteiger partial charge in [0.15, 0.2) is 5.11 Å². The van der Waals surface area contributed by atoms with Crippen molar-refractivity contribution < 1.29 is 14.3 Å². The van der Waals surface area contributed by atoms with Crippen molar-refractivity contribution in [3.05, 3.63) is 65.4 Å². The van der Waals surface area contributed by atoms with Crippen LogP contribution in [0.5, 0.6) is 11.5 Å². The number of hydrogen-bond acceptors (Lipinski definition) is 4. The summed E-state index contributed by atoms with van der Waals surface area (Å²) in [6, 6.07) is 14.6. The highest BCUT2D eigenvalue weighted by atomic mass is 32.1. The Labute approximate surface area is 163 Å². The Morgan fingerprint density at radius 1 is 1.11 bits per heavy atom. The third-order valence-corrected chi connectivity index (χ3v) is 4.52. The molecule has 0 spiro atoms. The fourth-order valence-corrected chi connectivity index (χ4v) is 3.25. The lowest BCUT2D eigenvalue weighted by atomic mass is 9.95. The van der Waals surface area contributed by atoms with Crippen LogP contribution in [-0.4, -0.2) is 25.2 Å². The van der Waals surface area contributed by atoms with Gasteiger partial charge in [0, 0.05) is 11.8 Å². The van der Waals surface area contributed by atoms with E-state index in [1.807, 2.05) is 37.3 Å². The number of amides is 1. The number of benzene rings is 2. The van der Waals surface area contributed by atoms with E-state index in [-0.39, 0.29) is 11.9 Å². The highest BCUT2D eigenvalue weighted by Gasteiger charge is 2.30. The average Bonchev–Trinajstić information content (AvgIpc) is 2.68. The Morgan fingerprint density at radius 2 is 1.85 bits per heavy atom. The van der Waals surface area contributed by atoms with Crippen molar-refractivity contribution in [2.45, 2.75) is 13.0 Å². The van der Waals surface area contributed by atoms with Gasteiger partial charge in [-0.05, 0) is 36.8 Å². The molecule has 0 bridgehead atoms. The van der Waals surface area contributed by atoms with E-state index >= 15 is 0 Å². The molecule has 1 amide bonds. The van der Waals surface area contributed by atoms with E-state index in [0.29, 0.717) is 33.6 Å². The van der Waals surface area contributed by atoms with Crippen LogP contribution >= 0.6 is 12.2 Å². The molecule has 6 nitrogen and oxygen atoms in total. The molecule has 1 aliphatic heterocycles. The lowest BCUT2D eigenvalue weighted by Crippen LogP contribution is -2.45. The molecule has 0 fully saturated rings. The number of methoxy groups -OCH3 is 2. The number of ether oxygens (including phenoxy) is 2. The normalized spacial score (nSPS) is 16.3. The van der Waals surface area contributed by atoms with Gasteiger partial charge >= 0.3 is 0 Å². The van der Waals surface area contributed by atoms with Gasteiger partial charge in [0.25, 0.3) is 5.91 Å². The highest BCUT2D eigenvalue weighted by molar-refractivity contribution is 7.80. The van der Waals surface area contributed by atoms with Crippen LogP contribution in [-0.2, 0) is 4.79 Å². The molecule has 0 aliphatic carbocycles. The summed E-state index contributed by atoms with van der Waals surface area (Å²) < 4.78 is 10.6. The molecule has 140 valence electrons. The van der Waals surface area contributed by atoms with Crippen LogP contribution < -0.4 is 25.4 Å². The molecule has 0 aromatic heterocycles. The van der Waals surface area contributed by atoms with Gasteiger partial charge in [-0.3, -0.25) is 4.79 Å². The first-order valence-corrected chi connectivity index (χ1v) is 8.81. The largest absolute Gasteiger partial charge is 0.497 e. The summed E-state index contributed by atoms with van der Waals surface area (Å²) in [5.74, 6) is 0.922. The maximum atomic E-state index is 13.1. The van der Waals surface area contributed by atoms with Crippen LogP contribution in [0.3, 0.4) is 0 Å². The van der Waals surface area contributed by atoms with Crippen molar-refractivity contribution in [2.75, 3.05) is 19.5 Å². The molecule has 1 atom stereocenters. The number of carbonyl (C=O) groups is 1. The molecule has 3 rings (SSSR count). The third kappa shape index (κ3) is 4.03.